The van der Waals surface area contributed by atoms with Gasteiger partial charge < -0.3 is 4.74 Å². The molecule has 5 nitrogen and oxygen atoms in total. The Morgan fingerprint density at radius 1 is 0.871 bits per heavy atom. The van der Waals surface area contributed by atoms with Gasteiger partial charge in [0.15, 0.2) is 5.78 Å². The Bertz CT molecular complexity index is 1010. The van der Waals surface area contributed by atoms with Crippen molar-refractivity contribution in [2.45, 2.75) is 83.1 Å². The summed E-state index contributed by atoms with van der Waals surface area (Å²) in [5.41, 5.74) is 0.475. The lowest BCUT2D eigenvalue weighted by Crippen LogP contribution is -2.30. The number of benzene rings is 2. The van der Waals surface area contributed by atoms with E-state index in [4.69, 9.17) is 4.74 Å². The van der Waals surface area contributed by atoms with Crippen LogP contribution in [0.2, 0.25) is 0 Å². The zero-order valence-electron chi connectivity index (χ0n) is 19.4. The van der Waals surface area contributed by atoms with Gasteiger partial charge in [0.1, 0.15) is 11.4 Å². The number of ketones is 1. The molecule has 0 radical (unpaired) electrons. The molecule has 0 amide bonds. The van der Waals surface area contributed by atoms with E-state index < -0.39 is 15.5 Å². The molecule has 1 N–H and O–H groups in total. The molecule has 0 aromatic heterocycles. The quantitative estimate of drug-likeness (QED) is 0.347. The van der Waals surface area contributed by atoms with E-state index >= 15 is 0 Å². The van der Waals surface area contributed by atoms with Gasteiger partial charge in [-0.15, -0.1) is 0 Å². The number of carbonyl (C=O) groups excluding carboxylic acids is 1. The first-order valence-corrected chi connectivity index (χ1v) is 12.3. The second-order valence-corrected chi connectivity index (χ2v) is 9.96. The maximum Gasteiger partial charge on any atom is 0.294 e. The van der Waals surface area contributed by atoms with Crippen LogP contribution in [0.4, 0.5) is 0 Å². The van der Waals surface area contributed by atoms with Crippen LogP contribution in [0.25, 0.3) is 0 Å². The molecule has 170 valence electrons. The molecule has 2 aromatic rings. The highest BCUT2D eigenvalue weighted by Gasteiger charge is 2.30. The van der Waals surface area contributed by atoms with Crippen molar-refractivity contribution in [3.05, 3.63) is 59.2 Å². The molecule has 0 saturated heterocycles. The Balaban J connectivity index is 2.42. The predicted octanol–water partition coefficient (Wildman–Crippen LogP) is 6.20. The van der Waals surface area contributed by atoms with Crippen molar-refractivity contribution < 1.29 is 22.5 Å². The molecule has 0 fully saturated rings. The standard InChI is InChI=1S/C25H34O5S/c1-7-24(5,8-2)21-16-13-19(17-22(21)31(27,28)29)23(26)18-11-14-20(15-12-18)30-25(6,9-3)10-4/h11-17H,7-10H2,1-6H3,(H,27,28,29). The highest BCUT2D eigenvalue weighted by Crippen LogP contribution is 2.36. The van der Waals surface area contributed by atoms with Crippen molar-refractivity contribution in [2.24, 2.45) is 0 Å². The molecule has 0 bridgehead atoms. The lowest BCUT2D eigenvalue weighted by atomic mass is 9.77. The van der Waals surface area contributed by atoms with E-state index in [-0.39, 0.29) is 21.8 Å². The van der Waals surface area contributed by atoms with Crippen molar-refractivity contribution in [1.29, 1.82) is 0 Å². The average Bonchev–Trinajstić information content (AvgIpc) is 2.77. The van der Waals surface area contributed by atoms with Crippen LogP contribution in [-0.4, -0.2) is 24.4 Å². The van der Waals surface area contributed by atoms with E-state index in [2.05, 4.69) is 13.8 Å². The molecular weight excluding hydrogens is 412 g/mol. The molecule has 2 aromatic carbocycles. The van der Waals surface area contributed by atoms with E-state index in [0.29, 0.717) is 29.7 Å². The topological polar surface area (TPSA) is 80.7 Å². The first kappa shape index (κ1) is 25.1. The second kappa shape index (κ2) is 9.53. The van der Waals surface area contributed by atoms with Gasteiger partial charge in [-0.1, -0.05) is 46.8 Å². The van der Waals surface area contributed by atoms with E-state index in [0.717, 1.165) is 12.8 Å². The minimum Gasteiger partial charge on any atom is -0.488 e. The summed E-state index contributed by atoms with van der Waals surface area (Å²) < 4.78 is 40.1. The highest BCUT2D eigenvalue weighted by molar-refractivity contribution is 7.85. The Hall–Kier alpha value is -2.18. The first-order valence-electron chi connectivity index (χ1n) is 10.9. The third kappa shape index (κ3) is 5.55. The third-order valence-corrected chi connectivity index (χ3v) is 7.60. The van der Waals surface area contributed by atoms with Gasteiger partial charge in [-0.05, 0) is 73.9 Å². The number of rotatable bonds is 10. The Morgan fingerprint density at radius 3 is 1.84 bits per heavy atom. The molecule has 0 aliphatic rings. The van der Waals surface area contributed by atoms with Crippen molar-refractivity contribution in [3.8, 4) is 5.75 Å². The first-order chi connectivity index (χ1) is 14.4. The van der Waals surface area contributed by atoms with Crippen LogP contribution in [0, 0.1) is 0 Å². The summed E-state index contributed by atoms with van der Waals surface area (Å²) in [5.74, 6) is 0.366. The van der Waals surface area contributed by atoms with E-state index in [1.165, 1.54) is 6.07 Å². The lowest BCUT2D eigenvalue weighted by Gasteiger charge is -2.29. The summed E-state index contributed by atoms with van der Waals surface area (Å²) in [6, 6.07) is 11.4. The van der Waals surface area contributed by atoms with Crippen LogP contribution in [0.15, 0.2) is 47.4 Å². The van der Waals surface area contributed by atoms with Gasteiger partial charge in [0.25, 0.3) is 10.1 Å². The minimum atomic E-state index is -4.48. The van der Waals surface area contributed by atoms with E-state index in [1.807, 2.05) is 27.7 Å². The molecule has 0 aliphatic heterocycles. The fourth-order valence-electron chi connectivity index (χ4n) is 3.53. The molecule has 2 rings (SSSR count). The summed E-state index contributed by atoms with van der Waals surface area (Å²) in [5, 5.41) is 0. The molecular formula is C25H34O5S. The van der Waals surface area contributed by atoms with Crippen LogP contribution >= 0.6 is 0 Å². The molecule has 0 aliphatic carbocycles. The van der Waals surface area contributed by atoms with Crippen LogP contribution in [0.1, 0.15) is 88.7 Å². The Morgan fingerprint density at radius 2 is 1.39 bits per heavy atom. The summed E-state index contributed by atoms with van der Waals surface area (Å²) >= 11 is 0. The summed E-state index contributed by atoms with van der Waals surface area (Å²) in [7, 11) is -4.48. The van der Waals surface area contributed by atoms with Crippen molar-refractivity contribution in [1.82, 2.24) is 0 Å². The predicted molar refractivity (Wildman–Crippen MR) is 124 cm³/mol. The maximum absolute atomic E-state index is 13.0. The van der Waals surface area contributed by atoms with Gasteiger partial charge >= 0.3 is 0 Å². The second-order valence-electron chi connectivity index (χ2n) is 8.57. The number of hydrogen-bond acceptors (Lipinski definition) is 4. The van der Waals surface area contributed by atoms with Crippen molar-refractivity contribution >= 4 is 15.9 Å². The smallest absolute Gasteiger partial charge is 0.294 e. The highest BCUT2D eigenvalue weighted by atomic mass is 32.2. The van der Waals surface area contributed by atoms with E-state index in [1.54, 1.807) is 36.4 Å². The average molecular weight is 447 g/mol. The van der Waals surface area contributed by atoms with E-state index in [9.17, 15) is 17.8 Å². The van der Waals surface area contributed by atoms with Crippen LogP contribution < -0.4 is 4.74 Å². The lowest BCUT2D eigenvalue weighted by molar-refractivity contribution is 0.0803. The molecule has 0 saturated carbocycles. The number of hydrogen-bond donors (Lipinski definition) is 1. The van der Waals surface area contributed by atoms with Gasteiger partial charge in [0.05, 0.1) is 4.90 Å². The summed E-state index contributed by atoms with van der Waals surface area (Å²) in [6.07, 6.45) is 3.14. The third-order valence-electron chi connectivity index (χ3n) is 6.71. The largest absolute Gasteiger partial charge is 0.488 e. The van der Waals surface area contributed by atoms with Crippen molar-refractivity contribution in [2.75, 3.05) is 0 Å². The monoisotopic (exact) mass is 446 g/mol. The molecule has 6 heteroatoms. The number of ether oxygens (including phenoxy) is 1. The van der Waals surface area contributed by atoms with Gasteiger partial charge in [0.2, 0.25) is 0 Å². The molecule has 0 atom stereocenters. The Labute approximate surface area is 186 Å². The number of carbonyl (C=O) groups is 1. The molecule has 0 heterocycles. The van der Waals surface area contributed by atoms with Crippen LogP contribution in [-0.2, 0) is 15.5 Å². The maximum atomic E-state index is 13.0. The van der Waals surface area contributed by atoms with Crippen molar-refractivity contribution in [3.63, 3.8) is 0 Å². The van der Waals surface area contributed by atoms with Crippen LogP contribution in [0.5, 0.6) is 5.75 Å². The summed E-state index contributed by atoms with van der Waals surface area (Å²) in [6.45, 7) is 12.1. The van der Waals surface area contributed by atoms with Crippen LogP contribution in [0.3, 0.4) is 0 Å². The zero-order valence-corrected chi connectivity index (χ0v) is 20.2. The Kier molecular flexibility index (Phi) is 7.71. The minimum absolute atomic E-state index is 0.203. The van der Waals surface area contributed by atoms with Gasteiger partial charge in [-0.25, -0.2) is 0 Å². The molecule has 31 heavy (non-hydrogen) atoms. The molecule has 0 unspecified atom stereocenters. The fourth-order valence-corrected chi connectivity index (χ4v) is 4.39. The van der Waals surface area contributed by atoms with Gasteiger partial charge in [0, 0.05) is 11.1 Å². The summed E-state index contributed by atoms with van der Waals surface area (Å²) in [4.78, 5) is 12.8. The zero-order chi connectivity index (χ0) is 23.4. The molecule has 0 spiro atoms. The normalized spacial score (nSPS) is 12.6. The van der Waals surface area contributed by atoms with Gasteiger partial charge in [-0.3, -0.25) is 9.35 Å². The van der Waals surface area contributed by atoms with Gasteiger partial charge in [-0.2, -0.15) is 8.42 Å². The fraction of sp³-hybridized carbons (Fsp3) is 0.480. The SMILES string of the molecule is CCC(C)(CC)Oc1ccc(C(=O)c2ccc(C(C)(CC)CC)c(S(=O)(=O)O)c2)cc1.